The molecule has 132 valence electrons. The van der Waals surface area contributed by atoms with Crippen molar-refractivity contribution in [3.05, 3.63) is 11.8 Å². The van der Waals surface area contributed by atoms with Gasteiger partial charge in [0.1, 0.15) is 0 Å². The Hall–Kier alpha value is -1.43. The monoisotopic (exact) mass is 332 g/mol. The van der Waals surface area contributed by atoms with Gasteiger partial charge in [0.25, 0.3) is 0 Å². The predicted octanol–water partition coefficient (Wildman–Crippen LogP) is 2.25. The van der Waals surface area contributed by atoms with Crippen LogP contribution in [0.25, 0.3) is 0 Å². The van der Waals surface area contributed by atoms with Crippen LogP contribution in [-0.2, 0) is 17.8 Å². The second-order valence-electron chi connectivity index (χ2n) is 7.97. The summed E-state index contributed by atoms with van der Waals surface area (Å²) < 4.78 is 5.68. The van der Waals surface area contributed by atoms with Crippen LogP contribution in [0.2, 0.25) is 0 Å². The third kappa shape index (κ3) is 3.48. The molecule has 0 unspecified atom stereocenters. The van der Waals surface area contributed by atoms with Crippen LogP contribution in [0, 0.1) is 11.3 Å². The predicted molar refractivity (Wildman–Crippen MR) is 89.2 cm³/mol. The van der Waals surface area contributed by atoms with Gasteiger partial charge in [-0.05, 0) is 44.6 Å². The van der Waals surface area contributed by atoms with Crippen molar-refractivity contribution in [2.45, 2.75) is 58.4 Å². The van der Waals surface area contributed by atoms with Crippen molar-refractivity contribution >= 4 is 5.91 Å². The van der Waals surface area contributed by atoms with Crippen molar-refractivity contribution in [2.75, 3.05) is 26.2 Å². The van der Waals surface area contributed by atoms with Gasteiger partial charge in [0.15, 0.2) is 0 Å². The lowest BCUT2D eigenvalue weighted by atomic mass is 9.73. The van der Waals surface area contributed by atoms with E-state index in [4.69, 9.17) is 4.42 Å². The number of aromatic nitrogens is 2. The summed E-state index contributed by atoms with van der Waals surface area (Å²) in [5.41, 5.74) is 0.272. The molecule has 0 aromatic carbocycles. The molecule has 0 bridgehead atoms. The molecule has 1 aromatic rings. The van der Waals surface area contributed by atoms with Gasteiger partial charge in [-0.3, -0.25) is 9.69 Å². The van der Waals surface area contributed by atoms with Gasteiger partial charge in [-0.15, -0.1) is 10.2 Å². The smallest absolute Gasteiger partial charge is 0.230 e. The van der Waals surface area contributed by atoms with Crippen molar-refractivity contribution in [2.24, 2.45) is 11.3 Å². The maximum atomic E-state index is 12.3. The second-order valence-corrected chi connectivity index (χ2v) is 7.97. The van der Waals surface area contributed by atoms with Crippen LogP contribution in [-0.4, -0.2) is 52.1 Å². The van der Waals surface area contributed by atoms with Crippen molar-refractivity contribution in [1.29, 1.82) is 0 Å². The SMILES string of the molecule is CCc1nnc(CN2CCC[C@@]3(CCC(=O)N(CC4CC4)C3)C2)o1. The molecular weight excluding hydrogens is 304 g/mol. The Morgan fingerprint density at radius 2 is 2.04 bits per heavy atom. The van der Waals surface area contributed by atoms with Gasteiger partial charge >= 0.3 is 0 Å². The highest BCUT2D eigenvalue weighted by Crippen LogP contribution is 2.40. The molecule has 6 nitrogen and oxygen atoms in total. The van der Waals surface area contributed by atoms with Crippen LogP contribution in [0.4, 0.5) is 0 Å². The number of amides is 1. The Morgan fingerprint density at radius 1 is 1.21 bits per heavy atom. The van der Waals surface area contributed by atoms with Gasteiger partial charge in [0.05, 0.1) is 6.54 Å². The van der Waals surface area contributed by atoms with Crippen LogP contribution >= 0.6 is 0 Å². The van der Waals surface area contributed by atoms with Crippen LogP contribution in [0.1, 0.15) is 57.2 Å². The number of carbonyl (C=O) groups excluding carboxylic acids is 1. The Kier molecular flexibility index (Phi) is 4.33. The topological polar surface area (TPSA) is 62.5 Å². The molecule has 1 spiro atoms. The third-order valence-corrected chi connectivity index (χ3v) is 5.83. The molecule has 2 saturated heterocycles. The van der Waals surface area contributed by atoms with E-state index < -0.39 is 0 Å². The number of rotatable bonds is 5. The summed E-state index contributed by atoms with van der Waals surface area (Å²) in [7, 11) is 0. The van der Waals surface area contributed by atoms with Crippen LogP contribution < -0.4 is 0 Å². The number of piperidine rings is 2. The minimum atomic E-state index is 0.272. The molecule has 0 radical (unpaired) electrons. The normalized spacial score (nSPS) is 28.7. The molecular formula is C18H28N4O2. The first-order chi connectivity index (χ1) is 11.7. The first-order valence-electron chi connectivity index (χ1n) is 9.47. The van der Waals surface area contributed by atoms with Crippen LogP contribution in [0.3, 0.4) is 0 Å². The van der Waals surface area contributed by atoms with E-state index in [1.807, 2.05) is 6.92 Å². The lowest BCUT2D eigenvalue weighted by molar-refractivity contribution is -0.139. The van der Waals surface area contributed by atoms with Gasteiger partial charge in [0, 0.05) is 37.9 Å². The summed E-state index contributed by atoms with van der Waals surface area (Å²) in [6.45, 7) is 6.84. The Labute approximate surface area is 143 Å². The van der Waals surface area contributed by atoms with Gasteiger partial charge in [0.2, 0.25) is 17.7 Å². The largest absolute Gasteiger partial charge is 0.424 e. The Balaban J connectivity index is 1.40. The fourth-order valence-electron chi connectivity index (χ4n) is 4.35. The highest BCUT2D eigenvalue weighted by Gasteiger charge is 2.42. The van der Waals surface area contributed by atoms with Crippen molar-refractivity contribution in [1.82, 2.24) is 20.0 Å². The zero-order chi connectivity index (χ0) is 16.6. The molecule has 1 amide bonds. The summed E-state index contributed by atoms with van der Waals surface area (Å²) in [5.74, 6) is 2.59. The lowest BCUT2D eigenvalue weighted by Gasteiger charge is -2.48. The molecule has 3 fully saturated rings. The van der Waals surface area contributed by atoms with E-state index in [-0.39, 0.29) is 5.41 Å². The van der Waals surface area contributed by atoms with Gasteiger partial charge in [-0.2, -0.15) is 0 Å². The maximum absolute atomic E-state index is 12.3. The van der Waals surface area contributed by atoms with Crippen LogP contribution in [0.5, 0.6) is 0 Å². The molecule has 2 aliphatic heterocycles. The van der Waals surface area contributed by atoms with Crippen molar-refractivity contribution in [3.63, 3.8) is 0 Å². The summed E-state index contributed by atoms with van der Waals surface area (Å²) >= 11 is 0. The number of likely N-dealkylation sites (tertiary alicyclic amines) is 2. The molecule has 1 saturated carbocycles. The second kappa shape index (κ2) is 6.47. The van der Waals surface area contributed by atoms with Crippen molar-refractivity contribution < 1.29 is 9.21 Å². The summed E-state index contributed by atoms with van der Waals surface area (Å²) in [4.78, 5) is 16.9. The molecule has 24 heavy (non-hydrogen) atoms. The zero-order valence-electron chi connectivity index (χ0n) is 14.7. The Morgan fingerprint density at radius 3 is 2.79 bits per heavy atom. The molecule has 1 aliphatic carbocycles. The first kappa shape index (κ1) is 16.1. The number of hydrogen-bond donors (Lipinski definition) is 0. The summed E-state index contributed by atoms with van der Waals surface area (Å²) in [5, 5.41) is 8.24. The molecule has 3 aliphatic rings. The minimum Gasteiger partial charge on any atom is -0.424 e. The zero-order valence-corrected chi connectivity index (χ0v) is 14.7. The van der Waals surface area contributed by atoms with E-state index in [0.29, 0.717) is 5.91 Å². The van der Waals surface area contributed by atoms with E-state index in [0.717, 1.165) is 69.7 Å². The maximum Gasteiger partial charge on any atom is 0.230 e. The Bertz CT molecular complexity index is 598. The van der Waals surface area contributed by atoms with E-state index in [1.54, 1.807) is 0 Å². The van der Waals surface area contributed by atoms with Gasteiger partial charge in [-0.25, -0.2) is 0 Å². The number of carbonyl (C=O) groups is 1. The quantitative estimate of drug-likeness (QED) is 0.827. The highest BCUT2D eigenvalue weighted by molar-refractivity contribution is 5.77. The van der Waals surface area contributed by atoms with Gasteiger partial charge in [-0.1, -0.05) is 6.92 Å². The summed E-state index contributed by atoms with van der Waals surface area (Å²) in [6, 6.07) is 0. The first-order valence-corrected chi connectivity index (χ1v) is 9.47. The van der Waals surface area contributed by atoms with E-state index >= 15 is 0 Å². The highest BCUT2D eigenvalue weighted by atomic mass is 16.4. The number of nitrogens with zero attached hydrogens (tertiary/aromatic N) is 4. The van der Waals surface area contributed by atoms with Crippen molar-refractivity contribution in [3.8, 4) is 0 Å². The fourth-order valence-corrected chi connectivity index (χ4v) is 4.35. The molecule has 1 atom stereocenters. The van der Waals surface area contributed by atoms with E-state index in [1.165, 1.54) is 25.7 Å². The number of hydrogen-bond acceptors (Lipinski definition) is 5. The average Bonchev–Trinajstić information content (AvgIpc) is 3.28. The molecule has 1 aromatic heterocycles. The average molecular weight is 332 g/mol. The molecule has 0 N–H and O–H groups in total. The van der Waals surface area contributed by atoms with E-state index in [9.17, 15) is 4.79 Å². The molecule has 6 heteroatoms. The fraction of sp³-hybridized carbons (Fsp3) is 0.833. The van der Waals surface area contributed by atoms with Crippen LogP contribution in [0.15, 0.2) is 4.42 Å². The minimum absolute atomic E-state index is 0.272. The lowest BCUT2D eigenvalue weighted by Crippen LogP contribution is -2.54. The standard InChI is InChI=1S/C18H28N4O2/c1-2-15-19-20-16(24-15)11-21-9-3-7-18(12-21)8-6-17(23)22(13-18)10-14-4-5-14/h14H,2-13H2,1H3/t18-/m1/s1. The van der Waals surface area contributed by atoms with Gasteiger partial charge < -0.3 is 9.32 Å². The molecule has 3 heterocycles. The molecule has 4 rings (SSSR count). The van der Waals surface area contributed by atoms with E-state index in [2.05, 4.69) is 20.0 Å². The number of aryl methyl sites for hydroxylation is 1. The third-order valence-electron chi connectivity index (χ3n) is 5.83. The summed E-state index contributed by atoms with van der Waals surface area (Å²) in [6.07, 6.45) is 7.59.